The third-order valence-electron chi connectivity index (χ3n) is 8.20. The number of hydrogen-bond donors (Lipinski definition) is 1. The molecule has 2 atom stereocenters. The molecule has 0 amide bonds. The van der Waals surface area contributed by atoms with Gasteiger partial charge in [-0.3, -0.25) is 4.79 Å². The molecule has 0 heterocycles. The zero-order valence-corrected chi connectivity index (χ0v) is 28.6. The summed E-state index contributed by atoms with van der Waals surface area (Å²) in [5.41, 5.74) is 0.169. The standard InChI is InChI=1S/C35H70NO3P/c1-6-8-10-12-14-16-18-19-21-23-25-27-29-31-33(38)40-35(36(3,4)5)34(39)32(37)30-28-26-24-22-20-17-15-13-11-9-7-2/h34-35,39H,6-31H2,1-5H3. The first-order valence-electron chi connectivity index (χ1n) is 17.5. The predicted octanol–water partition coefficient (Wildman–Crippen LogP) is 10.6. The van der Waals surface area contributed by atoms with Crippen LogP contribution in [0.15, 0.2) is 0 Å². The quantitative estimate of drug-likeness (QED) is 0.0502. The normalized spacial score (nSPS) is 13.8. The summed E-state index contributed by atoms with van der Waals surface area (Å²) < 4.78 is 0.428. The van der Waals surface area contributed by atoms with E-state index >= 15 is 0 Å². The van der Waals surface area contributed by atoms with E-state index < -0.39 is 6.10 Å². The molecule has 0 saturated heterocycles. The van der Waals surface area contributed by atoms with Crippen LogP contribution in [0, 0.1) is 0 Å². The van der Waals surface area contributed by atoms with Gasteiger partial charge in [-0.2, -0.15) is 0 Å². The molecule has 0 aromatic rings. The van der Waals surface area contributed by atoms with Gasteiger partial charge >= 0.3 is 0 Å². The minimum absolute atomic E-state index is 0.0877. The molecule has 0 radical (unpaired) electrons. The number of Topliss-reactive ketones (excluding diaryl/α,β-unsaturated/α-hetero) is 1. The highest BCUT2D eigenvalue weighted by Crippen LogP contribution is 2.32. The van der Waals surface area contributed by atoms with Crippen molar-refractivity contribution in [2.75, 3.05) is 21.1 Å². The maximum atomic E-state index is 12.8. The summed E-state index contributed by atoms with van der Waals surface area (Å²) in [4.78, 5) is 25.5. The number of nitrogens with zero attached hydrogens (tertiary/aromatic N) is 1. The zero-order valence-electron chi connectivity index (χ0n) is 27.7. The van der Waals surface area contributed by atoms with Gasteiger partial charge in [0, 0.05) is 12.2 Å². The Bertz CT molecular complexity index is 590. The van der Waals surface area contributed by atoms with Gasteiger partial charge in [0.15, 0.2) is 5.78 Å². The highest BCUT2D eigenvalue weighted by Gasteiger charge is 2.29. The van der Waals surface area contributed by atoms with Crippen molar-refractivity contribution in [3.05, 3.63) is 0 Å². The zero-order chi connectivity index (χ0) is 29.9. The van der Waals surface area contributed by atoms with Crippen LogP contribution in [0.1, 0.15) is 181 Å². The van der Waals surface area contributed by atoms with Gasteiger partial charge in [0.25, 0.3) is 0 Å². The third kappa shape index (κ3) is 24.3. The maximum absolute atomic E-state index is 12.8. The SMILES string of the molecule is CCCCCCCCCCCCCCCC(=O)[P-]C(C(O)C(=O)CCCCCCCCCCCCC)[N+](C)(C)C. The first-order valence-corrected chi connectivity index (χ1v) is 18.5. The van der Waals surface area contributed by atoms with Crippen molar-refractivity contribution < 1.29 is 19.2 Å². The van der Waals surface area contributed by atoms with Crippen LogP contribution >= 0.6 is 8.58 Å². The number of likely N-dealkylation sites (N-methyl/N-ethyl adjacent to an activating group) is 1. The minimum atomic E-state index is -1.06. The Hall–Kier alpha value is -0.310. The number of unbranched alkanes of at least 4 members (excludes halogenated alkanes) is 22. The second-order valence-electron chi connectivity index (χ2n) is 13.2. The van der Waals surface area contributed by atoms with E-state index in [1.54, 1.807) is 0 Å². The first kappa shape index (κ1) is 39.7. The van der Waals surface area contributed by atoms with E-state index in [0.29, 0.717) is 25.9 Å². The molecular formula is C35H70NO3P. The molecule has 0 bridgehead atoms. The lowest BCUT2D eigenvalue weighted by Gasteiger charge is -2.44. The summed E-state index contributed by atoms with van der Waals surface area (Å²) in [6, 6.07) is 0. The number of aliphatic hydroxyl groups excluding tert-OH is 1. The van der Waals surface area contributed by atoms with Crippen LogP contribution < -0.4 is 0 Å². The van der Waals surface area contributed by atoms with Crippen molar-refractivity contribution >= 4 is 19.9 Å². The second kappa shape index (κ2) is 27.5. The monoisotopic (exact) mass is 584 g/mol. The van der Waals surface area contributed by atoms with Gasteiger partial charge in [-0.05, 0) is 24.8 Å². The van der Waals surface area contributed by atoms with E-state index in [2.05, 4.69) is 13.8 Å². The molecule has 0 aromatic heterocycles. The highest BCUT2D eigenvalue weighted by molar-refractivity contribution is 7.58. The Kier molecular flexibility index (Phi) is 27.3. The molecule has 0 fully saturated rings. The van der Waals surface area contributed by atoms with Crippen molar-refractivity contribution in [2.45, 2.75) is 193 Å². The van der Waals surface area contributed by atoms with Crippen LogP contribution in [0.2, 0.25) is 0 Å². The van der Waals surface area contributed by atoms with Crippen molar-refractivity contribution in [1.82, 2.24) is 0 Å². The predicted molar refractivity (Wildman–Crippen MR) is 176 cm³/mol. The third-order valence-corrected chi connectivity index (χ3v) is 9.95. The van der Waals surface area contributed by atoms with E-state index in [1.807, 2.05) is 21.1 Å². The van der Waals surface area contributed by atoms with E-state index in [9.17, 15) is 14.7 Å². The molecular weight excluding hydrogens is 513 g/mol. The molecule has 1 N–H and O–H groups in total. The van der Waals surface area contributed by atoms with Crippen molar-refractivity contribution in [3.8, 4) is 0 Å². The van der Waals surface area contributed by atoms with Gasteiger partial charge < -0.3 is 23.0 Å². The number of aliphatic hydroxyl groups is 1. The Morgan fingerprint density at radius 1 is 0.525 bits per heavy atom. The van der Waals surface area contributed by atoms with Crippen molar-refractivity contribution in [3.63, 3.8) is 0 Å². The Morgan fingerprint density at radius 2 is 0.825 bits per heavy atom. The van der Waals surface area contributed by atoms with Gasteiger partial charge in [0.2, 0.25) is 0 Å². The molecule has 0 rings (SSSR count). The minimum Gasteiger partial charge on any atom is -0.396 e. The van der Waals surface area contributed by atoms with E-state index in [1.165, 1.54) is 128 Å². The topological polar surface area (TPSA) is 54.4 Å². The van der Waals surface area contributed by atoms with Crippen molar-refractivity contribution in [2.24, 2.45) is 0 Å². The number of carbonyl (C=O) groups is 2. The van der Waals surface area contributed by atoms with Crippen LogP contribution in [0.5, 0.6) is 0 Å². The number of quaternary nitrogens is 1. The Morgan fingerprint density at radius 3 is 1.15 bits per heavy atom. The summed E-state index contributed by atoms with van der Waals surface area (Å²) in [7, 11) is 6.54. The summed E-state index contributed by atoms with van der Waals surface area (Å²) in [6.07, 6.45) is 30.5. The van der Waals surface area contributed by atoms with E-state index in [-0.39, 0.29) is 17.1 Å². The highest BCUT2D eigenvalue weighted by atomic mass is 31.1. The molecule has 0 aliphatic heterocycles. The number of ketones is 1. The van der Waals surface area contributed by atoms with E-state index in [0.717, 1.165) is 25.7 Å². The van der Waals surface area contributed by atoms with Gasteiger partial charge in [0.05, 0.1) is 21.1 Å². The van der Waals surface area contributed by atoms with Gasteiger partial charge in [-0.1, -0.05) is 155 Å². The fraction of sp³-hybridized carbons (Fsp3) is 0.943. The second-order valence-corrected chi connectivity index (χ2v) is 14.5. The fourth-order valence-electron chi connectivity index (χ4n) is 5.45. The van der Waals surface area contributed by atoms with Gasteiger partial charge in [0.1, 0.15) is 6.10 Å². The average Bonchev–Trinajstić information content (AvgIpc) is 2.91. The van der Waals surface area contributed by atoms with Crippen LogP contribution in [-0.4, -0.2) is 53.9 Å². The summed E-state index contributed by atoms with van der Waals surface area (Å²) in [5, 5.41) is 10.9. The lowest BCUT2D eigenvalue weighted by Crippen LogP contribution is -2.52. The molecule has 0 spiro atoms. The molecule has 4 nitrogen and oxygen atoms in total. The summed E-state index contributed by atoms with van der Waals surface area (Å²) in [6.45, 7) is 4.53. The molecule has 0 aromatic carbocycles. The Balaban J connectivity index is 3.99. The van der Waals surface area contributed by atoms with Crippen LogP contribution in [0.25, 0.3) is 0 Å². The van der Waals surface area contributed by atoms with Gasteiger partial charge in [-0.25, -0.2) is 0 Å². The number of hydrogen-bond acceptors (Lipinski definition) is 3. The molecule has 0 aliphatic rings. The molecule has 0 aliphatic carbocycles. The summed E-state index contributed by atoms with van der Waals surface area (Å²) in [5.74, 6) is -0.468. The smallest absolute Gasteiger partial charge is 0.164 e. The number of carbonyl (C=O) groups excluding carboxylic acids is 2. The Labute approximate surface area is 252 Å². The molecule has 0 saturated carbocycles. The molecule has 40 heavy (non-hydrogen) atoms. The van der Waals surface area contributed by atoms with Gasteiger partial charge in [-0.15, -0.1) is 0 Å². The molecule has 5 heteroatoms. The summed E-state index contributed by atoms with van der Waals surface area (Å²) >= 11 is 0. The van der Waals surface area contributed by atoms with Crippen LogP contribution in [0.4, 0.5) is 0 Å². The maximum Gasteiger partial charge on any atom is 0.164 e. The van der Waals surface area contributed by atoms with Crippen LogP contribution in [-0.2, 0) is 9.59 Å². The molecule has 238 valence electrons. The lowest BCUT2D eigenvalue weighted by molar-refractivity contribution is -0.883. The van der Waals surface area contributed by atoms with E-state index in [4.69, 9.17) is 0 Å². The largest absolute Gasteiger partial charge is 0.396 e. The van der Waals surface area contributed by atoms with Crippen molar-refractivity contribution in [1.29, 1.82) is 0 Å². The fourth-order valence-corrected chi connectivity index (χ4v) is 6.69. The lowest BCUT2D eigenvalue weighted by atomic mass is 10.0. The molecule has 2 unspecified atom stereocenters. The average molecular weight is 584 g/mol. The first-order chi connectivity index (χ1) is 19.2. The van der Waals surface area contributed by atoms with Crippen LogP contribution in [0.3, 0.4) is 0 Å². The number of rotatable bonds is 31.